The summed E-state index contributed by atoms with van der Waals surface area (Å²) >= 11 is 0. The van der Waals surface area contributed by atoms with Gasteiger partial charge in [-0.15, -0.1) is 0 Å². The van der Waals surface area contributed by atoms with Gasteiger partial charge in [-0.25, -0.2) is 4.79 Å². The summed E-state index contributed by atoms with van der Waals surface area (Å²) in [6, 6.07) is 2.46. The molecule has 2 saturated carbocycles. The molecule has 0 spiro atoms. The van der Waals surface area contributed by atoms with E-state index in [1.165, 1.54) is 96.3 Å². The lowest BCUT2D eigenvalue weighted by atomic mass is 9.72. The van der Waals surface area contributed by atoms with Crippen molar-refractivity contribution in [3.8, 4) is 0 Å². The predicted octanol–water partition coefficient (Wildman–Crippen LogP) is 5.51. The molecule has 0 amide bonds. The number of H-pyrrole nitrogens is 1. The quantitative estimate of drug-likeness (QED) is 0.538. The van der Waals surface area contributed by atoms with Crippen LogP contribution >= 0.6 is 0 Å². The lowest BCUT2D eigenvalue weighted by Gasteiger charge is -2.37. The average molecular weight is 470 g/mol. The maximum atomic E-state index is 12.4. The largest absolute Gasteiger partial charge is 0.326 e. The van der Waals surface area contributed by atoms with Crippen molar-refractivity contribution in [2.45, 2.75) is 121 Å². The number of hydrogen-bond donors (Lipinski definition) is 3. The molecule has 2 heterocycles. The van der Waals surface area contributed by atoms with E-state index in [4.69, 9.17) is 5.73 Å². The lowest BCUT2D eigenvalue weighted by molar-refractivity contribution is 0.176. The highest BCUT2D eigenvalue weighted by atomic mass is 16.1. The Labute approximate surface area is 205 Å². The highest BCUT2D eigenvalue weighted by Gasteiger charge is 2.31. The van der Waals surface area contributed by atoms with Gasteiger partial charge in [0.1, 0.15) is 0 Å². The molecule has 4 unspecified atom stereocenters. The van der Waals surface area contributed by atoms with Gasteiger partial charge >= 0.3 is 5.69 Å². The van der Waals surface area contributed by atoms with Gasteiger partial charge in [0, 0.05) is 30.9 Å². The fraction of sp³-hybridized carbons (Fsp3) is 0.786. The molecule has 0 radical (unpaired) electrons. The van der Waals surface area contributed by atoms with Crippen LogP contribution in [0.5, 0.6) is 0 Å². The van der Waals surface area contributed by atoms with Crippen LogP contribution in [-0.4, -0.2) is 32.7 Å². The van der Waals surface area contributed by atoms with E-state index in [2.05, 4.69) is 22.2 Å². The summed E-state index contributed by atoms with van der Waals surface area (Å²) in [6.45, 7) is 3.82. The first kappa shape index (κ1) is 25.4. The molecule has 0 bridgehead atoms. The Kier molecular flexibility index (Phi) is 9.24. The van der Waals surface area contributed by atoms with E-state index < -0.39 is 0 Å². The summed E-state index contributed by atoms with van der Waals surface area (Å²) in [5, 5.41) is 3.85. The van der Waals surface area contributed by atoms with E-state index in [0.29, 0.717) is 12.6 Å². The van der Waals surface area contributed by atoms with Crippen LogP contribution in [0.4, 0.5) is 0 Å². The van der Waals surface area contributed by atoms with Crippen LogP contribution in [0.2, 0.25) is 0 Å². The number of rotatable bonds is 5. The number of nitrogens with one attached hydrogen (secondary N) is 2. The van der Waals surface area contributed by atoms with E-state index >= 15 is 0 Å². The first-order valence-corrected chi connectivity index (χ1v) is 14.1. The summed E-state index contributed by atoms with van der Waals surface area (Å²) in [5.41, 5.74) is 8.55. The summed E-state index contributed by atoms with van der Waals surface area (Å²) in [6.07, 6.45) is 23.2. The molecular weight excluding hydrogens is 422 g/mol. The molecule has 4 N–H and O–H groups in total. The fourth-order valence-corrected chi connectivity index (χ4v) is 6.65. The van der Waals surface area contributed by atoms with E-state index in [1.54, 1.807) is 12.4 Å². The van der Waals surface area contributed by atoms with Gasteiger partial charge in [-0.3, -0.25) is 9.55 Å². The fourth-order valence-electron chi connectivity index (χ4n) is 6.65. The Morgan fingerprint density at radius 3 is 2.62 bits per heavy atom. The second-order valence-electron chi connectivity index (χ2n) is 11.5. The SMILES string of the molecule is CC1(N)CCCCCCCCC(C2CCCCCC(NCCn3c(=O)[nH]c4cnccc43)C2)C1. The van der Waals surface area contributed by atoms with Crippen molar-refractivity contribution in [3.05, 3.63) is 28.9 Å². The number of fused-ring (bicyclic) bond motifs is 1. The first-order chi connectivity index (χ1) is 16.5. The standard InChI is InChI=1S/C28H47N5O/c1-28(29)15-10-5-3-2-4-7-12-23(20-28)22-11-8-6-9-13-24(19-22)31-17-18-33-26-14-16-30-21-25(26)32-27(33)34/h14,16,21-24,31H,2-13,15,17-20,29H2,1H3,(H,32,34). The normalized spacial score (nSPS) is 30.4. The van der Waals surface area contributed by atoms with Gasteiger partial charge in [-0.05, 0) is 50.5 Å². The van der Waals surface area contributed by atoms with Crippen molar-refractivity contribution in [3.63, 3.8) is 0 Å². The Balaban J connectivity index is 1.38. The zero-order valence-corrected chi connectivity index (χ0v) is 21.4. The zero-order valence-electron chi connectivity index (χ0n) is 21.4. The van der Waals surface area contributed by atoms with Crippen molar-refractivity contribution in [1.82, 2.24) is 19.9 Å². The lowest BCUT2D eigenvalue weighted by Crippen LogP contribution is -2.41. The van der Waals surface area contributed by atoms with Gasteiger partial charge < -0.3 is 16.0 Å². The highest BCUT2D eigenvalue weighted by molar-refractivity contribution is 5.73. The van der Waals surface area contributed by atoms with E-state index in [9.17, 15) is 4.79 Å². The second kappa shape index (κ2) is 12.3. The van der Waals surface area contributed by atoms with Gasteiger partial charge in [0.25, 0.3) is 0 Å². The number of nitrogens with zero attached hydrogens (tertiary/aromatic N) is 2. The number of aromatic nitrogens is 3. The molecule has 2 aliphatic carbocycles. The Morgan fingerprint density at radius 2 is 1.76 bits per heavy atom. The van der Waals surface area contributed by atoms with Gasteiger partial charge in [-0.2, -0.15) is 0 Å². The maximum Gasteiger partial charge on any atom is 0.326 e. The molecule has 6 heteroatoms. The van der Waals surface area contributed by atoms with Crippen molar-refractivity contribution in [2.75, 3.05) is 6.54 Å². The topological polar surface area (TPSA) is 88.7 Å². The third kappa shape index (κ3) is 7.17. The molecule has 2 fully saturated rings. The summed E-state index contributed by atoms with van der Waals surface area (Å²) in [5.74, 6) is 1.52. The maximum absolute atomic E-state index is 12.4. The summed E-state index contributed by atoms with van der Waals surface area (Å²) < 4.78 is 1.84. The highest BCUT2D eigenvalue weighted by Crippen LogP contribution is 2.37. The van der Waals surface area contributed by atoms with Crippen LogP contribution < -0.4 is 16.7 Å². The molecule has 34 heavy (non-hydrogen) atoms. The molecule has 2 aromatic rings. The number of pyridine rings is 1. The van der Waals surface area contributed by atoms with Crippen molar-refractivity contribution in [2.24, 2.45) is 17.6 Å². The molecule has 2 aliphatic rings. The molecular formula is C28H47N5O. The number of hydrogen-bond acceptors (Lipinski definition) is 4. The third-order valence-electron chi connectivity index (χ3n) is 8.53. The number of aromatic amines is 1. The van der Waals surface area contributed by atoms with Crippen molar-refractivity contribution >= 4 is 11.0 Å². The summed E-state index contributed by atoms with van der Waals surface area (Å²) in [4.78, 5) is 19.5. The van der Waals surface area contributed by atoms with Crippen molar-refractivity contribution in [1.29, 1.82) is 0 Å². The first-order valence-electron chi connectivity index (χ1n) is 14.1. The van der Waals surface area contributed by atoms with Gasteiger partial charge in [0.05, 0.1) is 17.2 Å². The average Bonchev–Trinajstić information content (AvgIpc) is 3.09. The van der Waals surface area contributed by atoms with Gasteiger partial charge in [-0.1, -0.05) is 70.6 Å². The molecule has 0 aliphatic heterocycles. The molecule has 4 atom stereocenters. The Bertz CT molecular complexity index is 932. The Hall–Kier alpha value is -1.66. The zero-order chi connectivity index (χ0) is 23.8. The minimum absolute atomic E-state index is 0.0222. The monoisotopic (exact) mass is 469 g/mol. The van der Waals surface area contributed by atoms with Crippen molar-refractivity contribution < 1.29 is 0 Å². The van der Waals surface area contributed by atoms with Crippen LogP contribution in [0.3, 0.4) is 0 Å². The molecule has 0 aromatic carbocycles. The molecule has 0 saturated heterocycles. The molecule has 6 nitrogen and oxygen atoms in total. The van der Waals surface area contributed by atoms with E-state index in [0.717, 1.165) is 29.4 Å². The summed E-state index contributed by atoms with van der Waals surface area (Å²) in [7, 11) is 0. The second-order valence-corrected chi connectivity index (χ2v) is 11.5. The number of imidazole rings is 1. The Morgan fingerprint density at radius 1 is 1.06 bits per heavy atom. The van der Waals surface area contributed by atoms with Crippen LogP contribution in [0.25, 0.3) is 11.0 Å². The minimum Gasteiger partial charge on any atom is -0.325 e. The van der Waals surface area contributed by atoms with E-state index in [-0.39, 0.29) is 11.2 Å². The molecule has 190 valence electrons. The van der Waals surface area contributed by atoms with Crippen LogP contribution in [0.15, 0.2) is 23.3 Å². The smallest absolute Gasteiger partial charge is 0.325 e. The predicted molar refractivity (Wildman–Crippen MR) is 141 cm³/mol. The van der Waals surface area contributed by atoms with Crippen LogP contribution in [-0.2, 0) is 6.54 Å². The number of nitrogens with two attached hydrogens (primary N) is 1. The van der Waals surface area contributed by atoms with Crippen LogP contribution in [0.1, 0.15) is 103 Å². The third-order valence-corrected chi connectivity index (χ3v) is 8.53. The van der Waals surface area contributed by atoms with Crippen LogP contribution in [0, 0.1) is 11.8 Å². The molecule has 4 rings (SSSR count). The van der Waals surface area contributed by atoms with Gasteiger partial charge in [0.15, 0.2) is 0 Å². The van der Waals surface area contributed by atoms with E-state index in [1.807, 2.05) is 10.6 Å². The van der Waals surface area contributed by atoms with Gasteiger partial charge in [0.2, 0.25) is 0 Å². The molecule has 2 aromatic heterocycles. The minimum atomic E-state index is -0.0417.